The molecule has 32 heavy (non-hydrogen) atoms. The lowest BCUT2D eigenvalue weighted by atomic mass is 10.00. The molecule has 1 aliphatic carbocycles. The van der Waals surface area contributed by atoms with Crippen molar-refractivity contribution in [3.05, 3.63) is 77.4 Å². The van der Waals surface area contributed by atoms with Crippen LogP contribution in [0.1, 0.15) is 36.0 Å². The van der Waals surface area contributed by atoms with Gasteiger partial charge in [0.05, 0.1) is 0 Å². The Labute approximate surface area is 189 Å². The van der Waals surface area contributed by atoms with Gasteiger partial charge in [0.25, 0.3) is 0 Å². The zero-order valence-electron chi connectivity index (χ0n) is 18.4. The van der Waals surface area contributed by atoms with Crippen LogP contribution < -0.4 is 4.90 Å². The molecule has 4 rings (SSSR count). The minimum Gasteiger partial charge on any atom is -0.478 e. The van der Waals surface area contributed by atoms with E-state index in [9.17, 15) is 9.59 Å². The molecule has 2 aromatic rings. The minimum atomic E-state index is -1.26. The summed E-state index contributed by atoms with van der Waals surface area (Å²) in [4.78, 5) is 24.2. The summed E-state index contributed by atoms with van der Waals surface area (Å²) >= 11 is 0. The van der Waals surface area contributed by atoms with Crippen molar-refractivity contribution in [2.75, 3.05) is 31.1 Å². The van der Waals surface area contributed by atoms with Crippen molar-refractivity contribution in [3.8, 4) is 0 Å². The third-order valence-corrected chi connectivity index (χ3v) is 5.93. The molecule has 0 bridgehead atoms. The average Bonchev–Trinajstić information content (AvgIpc) is 3.04. The van der Waals surface area contributed by atoms with E-state index in [4.69, 9.17) is 10.2 Å². The van der Waals surface area contributed by atoms with E-state index in [0.717, 1.165) is 32.7 Å². The SMILES string of the molecule is O=C(O)/C=C\C(=O)O.c1ccc(N2CCN(Cc3ccc4c(c3)CCCCC4)CC2)cc1. The monoisotopic (exact) mass is 436 g/mol. The van der Waals surface area contributed by atoms with Crippen LogP contribution in [0.5, 0.6) is 0 Å². The smallest absolute Gasteiger partial charge is 0.328 e. The second-order valence-corrected chi connectivity index (χ2v) is 8.27. The van der Waals surface area contributed by atoms with E-state index < -0.39 is 11.9 Å². The summed E-state index contributed by atoms with van der Waals surface area (Å²) in [5.41, 5.74) is 6.09. The van der Waals surface area contributed by atoms with Gasteiger partial charge in [0, 0.05) is 50.6 Å². The molecule has 0 unspecified atom stereocenters. The zero-order valence-corrected chi connectivity index (χ0v) is 18.4. The quantitative estimate of drug-likeness (QED) is 0.545. The number of aliphatic carboxylic acids is 2. The Morgan fingerprint density at radius 3 is 2.03 bits per heavy atom. The summed E-state index contributed by atoms with van der Waals surface area (Å²) in [6.07, 6.45) is 7.81. The number of nitrogens with zero attached hydrogens (tertiary/aromatic N) is 2. The number of hydrogen-bond donors (Lipinski definition) is 2. The lowest BCUT2D eigenvalue weighted by Crippen LogP contribution is -2.45. The van der Waals surface area contributed by atoms with E-state index >= 15 is 0 Å². The molecule has 1 fully saturated rings. The molecule has 0 spiro atoms. The summed E-state index contributed by atoms with van der Waals surface area (Å²) in [7, 11) is 0. The number of aryl methyl sites for hydroxylation is 2. The Morgan fingerprint density at radius 2 is 1.41 bits per heavy atom. The van der Waals surface area contributed by atoms with Crippen molar-refractivity contribution in [2.24, 2.45) is 0 Å². The van der Waals surface area contributed by atoms with E-state index in [2.05, 4.69) is 58.3 Å². The number of hydrogen-bond acceptors (Lipinski definition) is 4. The highest BCUT2D eigenvalue weighted by atomic mass is 16.4. The van der Waals surface area contributed by atoms with Crippen LogP contribution >= 0.6 is 0 Å². The molecule has 0 aromatic heterocycles. The normalized spacial score (nSPS) is 16.6. The summed E-state index contributed by atoms with van der Waals surface area (Å²) in [5.74, 6) is -2.51. The third-order valence-electron chi connectivity index (χ3n) is 5.93. The van der Waals surface area contributed by atoms with Gasteiger partial charge < -0.3 is 15.1 Å². The second kappa shape index (κ2) is 12.1. The van der Waals surface area contributed by atoms with Crippen molar-refractivity contribution < 1.29 is 19.8 Å². The lowest BCUT2D eigenvalue weighted by molar-refractivity contribution is -0.134. The average molecular weight is 437 g/mol. The number of para-hydroxylation sites is 1. The van der Waals surface area contributed by atoms with E-state index in [1.165, 1.54) is 43.4 Å². The fourth-order valence-corrected chi connectivity index (χ4v) is 4.27. The maximum Gasteiger partial charge on any atom is 0.328 e. The van der Waals surface area contributed by atoms with Crippen LogP contribution in [-0.2, 0) is 29.0 Å². The first-order valence-electron chi connectivity index (χ1n) is 11.3. The third kappa shape index (κ3) is 7.54. The second-order valence-electron chi connectivity index (χ2n) is 8.27. The predicted molar refractivity (Wildman–Crippen MR) is 126 cm³/mol. The standard InChI is InChI=1S/C22H28N2.C4H4O4/c1-3-7-20-12-11-19(17-21(20)8-4-1)18-23-13-15-24(16-14-23)22-9-5-2-6-10-22;5-3(6)1-2-4(7)8/h2,5-6,9-12,17H,1,3-4,7-8,13-16,18H2;1-2H,(H,5,6)(H,7,8)/b;2-1-. The van der Waals surface area contributed by atoms with E-state index in [1.807, 2.05) is 0 Å². The van der Waals surface area contributed by atoms with Crippen LogP contribution in [0.3, 0.4) is 0 Å². The summed E-state index contributed by atoms with van der Waals surface area (Å²) in [6.45, 7) is 5.69. The van der Waals surface area contributed by atoms with Crippen molar-refractivity contribution in [2.45, 2.75) is 38.6 Å². The number of rotatable bonds is 5. The van der Waals surface area contributed by atoms with Gasteiger partial charge in [0.2, 0.25) is 0 Å². The molecule has 1 aliphatic heterocycles. The van der Waals surface area contributed by atoms with Gasteiger partial charge in [-0.15, -0.1) is 0 Å². The Bertz CT molecular complexity index is 903. The molecule has 0 atom stereocenters. The van der Waals surface area contributed by atoms with Crippen LogP contribution in [-0.4, -0.2) is 53.2 Å². The Hall–Kier alpha value is -3.12. The molecule has 6 heteroatoms. The van der Waals surface area contributed by atoms with Crippen LogP contribution in [0.15, 0.2) is 60.7 Å². The number of fused-ring (bicyclic) bond motifs is 1. The molecule has 6 nitrogen and oxygen atoms in total. The Balaban J connectivity index is 0.000000312. The number of carboxylic acids is 2. The highest BCUT2D eigenvalue weighted by Crippen LogP contribution is 2.23. The minimum absolute atomic E-state index is 0.558. The topological polar surface area (TPSA) is 81.1 Å². The van der Waals surface area contributed by atoms with Gasteiger partial charge in [0.15, 0.2) is 0 Å². The number of carboxylic acid groups (broad SMARTS) is 2. The maximum absolute atomic E-state index is 9.55. The Kier molecular flexibility index (Phi) is 8.87. The number of anilines is 1. The number of benzene rings is 2. The number of carbonyl (C=O) groups is 2. The molecule has 1 saturated heterocycles. The predicted octanol–water partition coefficient (Wildman–Crippen LogP) is 3.99. The van der Waals surface area contributed by atoms with Gasteiger partial charge in [-0.1, -0.05) is 42.8 Å². The summed E-state index contributed by atoms with van der Waals surface area (Å²) < 4.78 is 0. The fourth-order valence-electron chi connectivity index (χ4n) is 4.27. The zero-order chi connectivity index (χ0) is 22.8. The lowest BCUT2D eigenvalue weighted by Gasteiger charge is -2.36. The largest absolute Gasteiger partial charge is 0.478 e. The summed E-state index contributed by atoms with van der Waals surface area (Å²) in [6, 6.07) is 18.1. The van der Waals surface area contributed by atoms with Gasteiger partial charge in [-0.05, 0) is 54.5 Å². The Morgan fingerprint density at radius 1 is 0.781 bits per heavy atom. The van der Waals surface area contributed by atoms with E-state index in [-0.39, 0.29) is 0 Å². The van der Waals surface area contributed by atoms with Crippen LogP contribution in [0.25, 0.3) is 0 Å². The molecule has 2 aliphatic rings. The molecule has 2 N–H and O–H groups in total. The molecule has 1 heterocycles. The first-order valence-corrected chi connectivity index (χ1v) is 11.3. The van der Waals surface area contributed by atoms with Gasteiger partial charge in [-0.25, -0.2) is 9.59 Å². The van der Waals surface area contributed by atoms with Crippen LogP contribution in [0.2, 0.25) is 0 Å². The van der Waals surface area contributed by atoms with E-state index in [1.54, 1.807) is 11.1 Å². The molecular formula is C26H32N2O4. The molecule has 170 valence electrons. The highest BCUT2D eigenvalue weighted by molar-refractivity contribution is 5.89. The van der Waals surface area contributed by atoms with Crippen LogP contribution in [0.4, 0.5) is 5.69 Å². The molecule has 0 amide bonds. The molecule has 0 radical (unpaired) electrons. The van der Waals surface area contributed by atoms with Crippen molar-refractivity contribution in [1.29, 1.82) is 0 Å². The molecule has 2 aromatic carbocycles. The first kappa shape index (κ1) is 23.5. The fraction of sp³-hybridized carbons (Fsp3) is 0.385. The maximum atomic E-state index is 9.55. The molecular weight excluding hydrogens is 404 g/mol. The van der Waals surface area contributed by atoms with Crippen molar-refractivity contribution in [1.82, 2.24) is 4.90 Å². The van der Waals surface area contributed by atoms with Gasteiger partial charge >= 0.3 is 11.9 Å². The van der Waals surface area contributed by atoms with Gasteiger partial charge in [-0.3, -0.25) is 4.90 Å². The molecule has 0 saturated carbocycles. The van der Waals surface area contributed by atoms with Crippen molar-refractivity contribution >= 4 is 17.6 Å². The first-order chi connectivity index (χ1) is 15.5. The van der Waals surface area contributed by atoms with Gasteiger partial charge in [0.1, 0.15) is 0 Å². The van der Waals surface area contributed by atoms with Gasteiger partial charge in [-0.2, -0.15) is 0 Å². The van der Waals surface area contributed by atoms with Crippen molar-refractivity contribution in [3.63, 3.8) is 0 Å². The van der Waals surface area contributed by atoms with E-state index in [0.29, 0.717) is 12.2 Å². The summed E-state index contributed by atoms with van der Waals surface area (Å²) in [5, 5.41) is 15.6. The highest BCUT2D eigenvalue weighted by Gasteiger charge is 2.17. The number of piperazine rings is 1. The van der Waals surface area contributed by atoms with Crippen LogP contribution in [0, 0.1) is 0 Å².